The minimum Gasteiger partial charge on any atom is -0.372 e. The van der Waals surface area contributed by atoms with E-state index in [-0.39, 0.29) is 6.41 Å². The van der Waals surface area contributed by atoms with Crippen LogP contribution in [0.1, 0.15) is 13.3 Å². The maximum absolute atomic E-state index is 8.58. The van der Waals surface area contributed by atoms with E-state index in [2.05, 4.69) is 29.9 Å². The Morgan fingerprint density at radius 3 is 2.50 bits per heavy atom. The summed E-state index contributed by atoms with van der Waals surface area (Å²) in [6.07, 6.45) is 1.60. The molecule has 2 saturated heterocycles. The van der Waals surface area contributed by atoms with E-state index in [0.717, 1.165) is 6.04 Å². The van der Waals surface area contributed by atoms with Crippen molar-refractivity contribution < 1.29 is 4.79 Å². The number of amides is 1. The van der Waals surface area contributed by atoms with E-state index in [1.54, 1.807) is 0 Å². The number of likely N-dealkylation sites (N-methyl/N-ethyl adjacent to an activating group) is 1. The molecule has 2 fully saturated rings. The molecule has 2 unspecified atom stereocenters. The highest BCUT2D eigenvalue weighted by Crippen LogP contribution is 2.31. The number of carbonyl (C=O) groups excluding carboxylic acids is 1. The van der Waals surface area contributed by atoms with Gasteiger partial charge in [0.2, 0.25) is 6.41 Å². The smallest absolute Gasteiger partial charge is 0.204 e. The Labute approximate surface area is 73.1 Å². The molecule has 4 nitrogen and oxygen atoms in total. The van der Waals surface area contributed by atoms with Gasteiger partial charge in [-0.2, -0.15) is 0 Å². The third-order valence-corrected chi connectivity index (χ3v) is 2.87. The summed E-state index contributed by atoms with van der Waals surface area (Å²) in [5.74, 6) is 0. The average molecular weight is 171 g/mol. The summed E-state index contributed by atoms with van der Waals surface area (Å²) in [7, 11) is 2.22. The first-order valence-electron chi connectivity index (χ1n) is 4.22. The van der Waals surface area contributed by atoms with E-state index in [0.29, 0.717) is 5.54 Å². The first-order valence-corrected chi connectivity index (χ1v) is 4.22. The molecule has 1 amide bonds. The number of hydrogen-bond donors (Lipinski definition) is 2. The predicted molar refractivity (Wildman–Crippen MR) is 47.7 cm³/mol. The highest BCUT2D eigenvalue weighted by Gasteiger charge is 2.44. The average Bonchev–Trinajstić information content (AvgIpc) is 2.45. The van der Waals surface area contributed by atoms with Gasteiger partial charge in [0.05, 0.1) is 0 Å². The topological polar surface area (TPSA) is 58.4 Å². The number of fused-ring (bicyclic) bond motifs is 2. The second-order valence-corrected chi connectivity index (χ2v) is 3.80. The molecule has 2 aliphatic heterocycles. The van der Waals surface area contributed by atoms with Crippen LogP contribution in [0.25, 0.3) is 0 Å². The van der Waals surface area contributed by atoms with Gasteiger partial charge in [-0.05, 0) is 20.4 Å². The highest BCUT2D eigenvalue weighted by molar-refractivity contribution is 5.42. The zero-order valence-electron chi connectivity index (χ0n) is 7.71. The molecule has 70 valence electrons. The number of primary amides is 1. The van der Waals surface area contributed by atoms with E-state index in [1.807, 2.05) is 0 Å². The van der Waals surface area contributed by atoms with Gasteiger partial charge in [0.25, 0.3) is 0 Å². The standard InChI is InChI=1S/C7H14N2.CH3NO/c1-7-3-6(8-5-7)4-9(7)2;2-1-3/h6,8H,3-5H2,1-2H3;1H,(H2,2,3). The van der Waals surface area contributed by atoms with Gasteiger partial charge >= 0.3 is 0 Å². The second-order valence-electron chi connectivity index (χ2n) is 3.80. The van der Waals surface area contributed by atoms with Crippen LogP contribution in [-0.4, -0.2) is 43.0 Å². The van der Waals surface area contributed by atoms with Crippen LogP contribution in [0.15, 0.2) is 0 Å². The maximum atomic E-state index is 8.58. The van der Waals surface area contributed by atoms with Gasteiger partial charge in [-0.1, -0.05) is 0 Å². The summed E-state index contributed by atoms with van der Waals surface area (Å²) in [6, 6.07) is 0.792. The van der Waals surface area contributed by atoms with Gasteiger partial charge in [0.15, 0.2) is 0 Å². The molecule has 0 saturated carbocycles. The van der Waals surface area contributed by atoms with Gasteiger partial charge < -0.3 is 11.1 Å². The molecule has 0 radical (unpaired) electrons. The van der Waals surface area contributed by atoms with Gasteiger partial charge in [0, 0.05) is 24.7 Å². The Bertz CT molecular complexity index is 174. The van der Waals surface area contributed by atoms with Gasteiger partial charge in [-0.15, -0.1) is 0 Å². The zero-order chi connectivity index (χ0) is 9.19. The number of piperazine rings is 1. The SMILES string of the molecule is CN1CC2CC1(C)CN2.NC=O. The van der Waals surface area contributed by atoms with Crippen LogP contribution in [0.5, 0.6) is 0 Å². The quantitative estimate of drug-likeness (QED) is 0.467. The van der Waals surface area contributed by atoms with Crippen LogP contribution in [0.2, 0.25) is 0 Å². The van der Waals surface area contributed by atoms with Crippen LogP contribution in [-0.2, 0) is 4.79 Å². The van der Waals surface area contributed by atoms with E-state index < -0.39 is 0 Å². The summed E-state index contributed by atoms with van der Waals surface area (Å²) in [4.78, 5) is 11.0. The Kier molecular flexibility index (Phi) is 2.69. The lowest BCUT2D eigenvalue weighted by atomic mass is 10.0. The molecule has 2 aliphatic rings. The monoisotopic (exact) mass is 171 g/mol. The molecule has 3 N–H and O–H groups in total. The van der Waals surface area contributed by atoms with Crippen LogP contribution < -0.4 is 11.1 Å². The van der Waals surface area contributed by atoms with E-state index in [9.17, 15) is 0 Å². The minimum atomic E-state index is 0.250. The number of nitrogens with one attached hydrogen (secondary N) is 1. The maximum Gasteiger partial charge on any atom is 0.204 e. The van der Waals surface area contributed by atoms with Crippen molar-refractivity contribution in [1.29, 1.82) is 0 Å². The normalized spacial score (nSPS) is 39.0. The van der Waals surface area contributed by atoms with E-state index in [4.69, 9.17) is 4.79 Å². The first kappa shape index (κ1) is 9.48. The third-order valence-electron chi connectivity index (χ3n) is 2.87. The minimum absolute atomic E-state index is 0.250. The molecule has 4 heteroatoms. The number of hydrogen-bond acceptors (Lipinski definition) is 3. The molecule has 2 bridgehead atoms. The molecule has 0 spiro atoms. The number of carbonyl (C=O) groups is 1. The Morgan fingerprint density at radius 2 is 2.33 bits per heavy atom. The lowest BCUT2D eigenvalue weighted by molar-refractivity contribution is -0.106. The second kappa shape index (κ2) is 3.41. The highest BCUT2D eigenvalue weighted by atomic mass is 16.1. The molecule has 0 aliphatic carbocycles. The summed E-state index contributed by atoms with van der Waals surface area (Å²) >= 11 is 0. The number of nitrogens with two attached hydrogens (primary N) is 1. The molecule has 12 heavy (non-hydrogen) atoms. The largest absolute Gasteiger partial charge is 0.372 e. The fraction of sp³-hybridized carbons (Fsp3) is 0.875. The molecular formula is C8H17N3O. The molecule has 0 aromatic rings. The fourth-order valence-electron chi connectivity index (χ4n) is 2.01. The van der Waals surface area contributed by atoms with E-state index >= 15 is 0 Å². The van der Waals surface area contributed by atoms with Crippen molar-refractivity contribution >= 4 is 6.41 Å². The summed E-state index contributed by atoms with van der Waals surface area (Å²) < 4.78 is 0. The van der Waals surface area contributed by atoms with Gasteiger partial charge in [0.1, 0.15) is 0 Å². The zero-order valence-corrected chi connectivity index (χ0v) is 7.71. The molecule has 0 aromatic heterocycles. The molecule has 2 atom stereocenters. The lowest BCUT2D eigenvalue weighted by Crippen LogP contribution is -2.48. The predicted octanol–water partition coefficient (Wildman–Crippen LogP) is -0.846. The van der Waals surface area contributed by atoms with Crippen molar-refractivity contribution in [2.75, 3.05) is 20.1 Å². The summed E-state index contributed by atoms with van der Waals surface area (Å²) in [6.45, 7) is 4.78. The van der Waals surface area contributed by atoms with Crippen molar-refractivity contribution in [1.82, 2.24) is 10.2 Å². The molecule has 2 rings (SSSR count). The number of rotatable bonds is 0. The van der Waals surface area contributed by atoms with E-state index in [1.165, 1.54) is 19.5 Å². The van der Waals surface area contributed by atoms with Crippen LogP contribution in [0.4, 0.5) is 0 Å². The fourth-order valence-corrected chi connectivity index (χ4v) is 2.01. The first-order chi connectivity index (χ1) is 5.62. The van der Waals surface area contributed by atoms with Crippen LogP contribution >= 0.6 is 0 Å². The molecule has 2 heterocycles. The van der Waals surface area contributed by atoms with Gasteiger partial charge in [-0.25, -0.2) is 0 Å². The number of nitrogens with zero attached hydrogens (tertiary/aromatic N) is 1. The summed E-state index contributed by atoms with van der Waals surface area (Å²) in [5.41, 5.74) is 4.66. The molecular weight excluding hydrogens is 154 g/mol. The Balaban J connectivity index is 0.000000213. The van der Waals surface area contributed by atoms with Crippen molar-refractivity contribution in [2.45, 2.75) is 24.9 Å². The molecule has 0 aromatic carbocycles. The van der Waals surface area contributed by atoms with Crippen molar-refractivity contribution in [2.24, 2.45) is 5.73 Å². The van der Waals surface area contributed by atoms with Gasteiger partial charge in [-0.3, -0.25) is 9.69 Å². The van der Waals surface area contributed by atoms with Crippen LogP contribution in [0, 0.1) is 0 Å². The Morgan fingerprint density at radius 1 is 1.75 bits per heavy atom. The summed E-state index contributed by atoms with van der Waals surface area (Å²) in [5, 5.41) is 3.49. The third kappa shape index (κ3) is 1.59. The number of likely N-dealkylation sites (tertiary alicyclic amines) is 1. The van der Waals surface area contributed by atoms with Crippen molar-refractivity contribution in [3.63, 3.8) is 0 Å². The Hall–Kier alpha value is -0.610. The van der Waals surface area contributed by atoms with Crippen molar-refractivity contribution in [3.05, 3.63) is 0 Å². The van der Waals surface area contributed by atoms with Crippen LogP contribution in [0.3, 0.4) is 0 Å². The lowest BCUT2D eigenvalue weighted by Gasteiger charge is -2.32. The van der Waals surface area contributed by atoms with Crippen molar-refractivity contribution in [3.8, 4) is 0 Å².